The molecule has 0 aliphatic carbocycles. The van der Waals surface area contributed by atoms with Gasteiger partial charge in [0, 0.05) is 5.56 Å². The van der Waals surface area contributed by atoms with Crippen LogP contribution in [0.1, 0.15) is 19.7 Å². The third kappa shape index (κ3) is 2.52. The molecule has 0 spiro atoms. The maximum Gasteiger partial charge on any atom is 0.223 e. The number of anilines is 1. The fourth-order valence-electron chi connectivity index (χ4n) is 1.99. The molecule has 22 heavy (non-hydrogen) atoms. The van der Waals surface area contributed by atoms with Gasteiger partial charge < -0.3 is 10.8 Å². The van der Waals surface area contributed by atoms with Crippen molar-refractivity contribution < 1.29 is 9.50 Å². The molecule has 0 aliphatic rings. The maximum atomic E-state index is 13.1. The molecule has 0 saturated carbocycles. The molecule has 0 bridgehead atoms. The lowest BCUT2D eigenvalue weighted by atomic mass is 10.1. The lowest BCUT2D eigenvalue weighted by molar-refractivity contribution is 0.0690. The minimum atomic E-state index is -1.18. The second kappa shape index (κ2) is 5.13. The minimum absolute atomic E-state index is 0.151. The number of nitrogen functional groups attached to an aromatic ring is 1. The second-order valence-electron chi connectivity index (χ2n) is 5.37. The normalized spacial score (nSPS) is 12.0. The topological polar surface area (TPSA) is 89.3 Å². The predicted octanol–water partition coefficient (Wildman–Crippen LogP) is 2.34. The highest BCUT2D eigenvalue weighted by Gasteiger charge is 2.24. The third-order valence-corrected chi connectivity index (χ3v) is 4.11. The zero-order valence-corrected chi connectivity index (χ0v) is 14.0. The molecule has 0 fully saturated rings. The number of aliphatic hydroxyl groups is 1. The van der Waals surface area contributed by atoms with Gasteiger partial charge in [-0.05, 0) is 60.7 Å². The van der Waals surface area contributed by atoms with E-state index in [0.717, 1.165) is 9.13 Å². The molecule has 114 valence electrons. The molecule has 0 saturated heterocycles. The first-order valence-electron chi connectivity index (χ1n) is 6.48. The van der Waals surface area contributed by atoms with Gasteiger partial charge in [-0.2, -0.15) is 4.52 Å². The number of rotatable bonds is 2. The van der Waals surface area contributed by atoms with Crippen molar-refractivity contribution in [2.75, 3.05) is 5.73 Å². The highest BCUT2D eigenvalue weighted by molar-refractivity contribution is 14.1. The van der Waals surface area contributed by atoms with Crippen molar-refractivity contribution in [2.45, 2.75) is 19.4 Å². The van der Waals surface area contributed by atoms with Gasteiger partial charge >= 0.3 is 0 Å². The van der Waals surface area contributed by atoms with Crippen molar-refractivity contribution in [3.05, 3.63) is 39.5 Å². The van der Waals surface area contributed by atoms with Gasteiger partial charge in [0.15, 0.2) is 11.5 Å². The fraction of sp³-hybridized carbons (Fsp3) is 0.214. The largest absolute Gasteiger partial charge is 0.382 e. The molecular weight excluding hydrogens is 400 g/mol. The zero-order chi connectivity index (χ0) is 16.1. The minimum Gasteiger partial charge on any atom is -0.382 e. The Morgan fingerprint density at radius 1 is 1.23 bits per heavy atom. The standard InChI is InChI=1S/C14H13FIN5O/c1-14(2,22)12-19-11-9(16)10(18-13(17)21(11)20-12)7-3-5-8(15)6-4-7/h3-6,22H,1-2H3,(H2,17,18). The van der Waals surface area contributed by atoms with Gasteiger partial charge in [0.1, 0.15) is 11.4 Å². The van der Waals surface area contributed by atoms with Crippen LogP contribution >= 0.6 is 22.6 Å². The average molecular weight is 413 g/mol. The summed E-state index contributed by atoms with van der Waals surface area (Å²) in [4.78, 5) is 8.67. The van der Waals surface area contributed by atoms with Gasteiger partial charge in [-0.15, -0.1) is 5.10 Å². The number of nitrogens with zero attached hydrogens (tertiary/aromatic N) is 4. The Kier molecular flexibility index (Phi) is 3.52. The monoisotopic (exact) mass is 413 g/mol. The molecule has 3 aromatic rings. The Labute approximate surface area is 139 Å². The van der Waals surface area contributed by atoms with Crippen molar-refractivity contribution in [3.8, 4) is 11.3 Å². The van der Waals surface area contributed by atoms with E-state index < -0.39 is 5.60 Å². The van der Waals surface area contributed by atoms with Gasteiger partial charge in [0.2, 0.25) is 5.95 Å². The first-order valence-corrected chi connectivity index (χ1v) is 7.56. The van der Waals surface area contributed by atoms with E-state index in [0.29, 0.717) is 11.3 Å². The molecular formula is C14H13FIN5O. The smallest absolute Gasteiger partial charge is 0.223 e. The zero-order valence-electron chi connectivity index (χ0n) is 11.9. The molecule has 8 heteroatoms. The van der Waals surface area contributed by atoms with E-state index in [1.165, 1.54) is 16.6 Å². The fourth-order valence-corrected chi connectivity index (χ4v) is 2.77. The second-order valence-corrected chi connectivity index (χ2v) is 6.45. The van der Waals surface area contributed by atoms with E-state index in [-0.39, 0.29) is 17.6 Å². The average Bonchev–Trinajstić information content (AvgIpc) is 2.90. The number of fused-ring (bicyclic) bond motifs is 1. The number of nitrogens with two attached hydrogens (primary N) is 1. The number of aromatic nitrogens is 4. The first-order chi connectivity index (χ1) is 10.3. The Hall–Kier alpha value is -1.81. The summed E-state index contributed by atoms with van der Waals surface area (Å²) >= 11 is 2.09. The van der Waals surface area contributed by atoms with Crippen LogP contribution in [0.2, 0.25) is 0 Å². The Bertz CT molecular complexity index is 854. The van der Waals surface area contributed by atoms with Gasteiger partial charge in [0.05, 0.1) is 9.26 Å². The van der Waals surface area contributed by atoms with Crippen molar-refractivity contribution in [3.63, 3.8) is 0 Å². The van der Waals surface area contributed by atoms with E-state index in [9.17, 15) is 9.50 Å². The van der Waals surface area contributed by atoms with E-state index in [1.54, 1.807) is 26.0 Å². The van der Waals surface area contributed by atoms with Gasteiger partial charge in [-0.1, -0.05) is 0 Å². The van der Waals surface area contributed by atoms with Gasteiger partial charge in [-0.3, -0.25) is 0 Å². The number of benzene rings is 1. The number of hydrogen-bond donors (Lipinski definition) is 2. The summed E-state index contributed by atoms with van der Waals surface area (Å²) in [7, 11) is 0. The predicted molar refractivity (Wildman–Crippen MR) is 88.6 cm³/mol. The summed E-state index contributed by atoms with van der Waals surface area (Å²) in [5.41, 5.74) is 6.59. The molecule has 2 heterocycles. The molecule has 1 aromatic carbocycles. The molecule has 6 nitrogen and oxygen atoms in total. The Morgan fingerprint density at radius 3 is 2.45 bits per heavy atom. The van der Waals surface area contributed by atoms with Crippen LogP contribution in [0.4, 0.5) is 10.3 Å². The summed E-state index contributed by atoms with van der Waals surface area (Å²) in [5, 5.41) is 14.2. The van der Waals surface area contributed by atoms with Crippen LogP contribution in [0.3, 0.4) is 0 Å². The van der Waals surface area contributed by atoms with Crippen molar-refractivity contribution in [1.82, 2.24) is 19.6 Å². The lowest BCUT2D eigenvalue weighted by Gasteiger charge is -2.10. The molecule has 3 rings (SSSR count). The van der Waals surface area contributed by atoms with Gasteiger partial charge in [0.25, 0.3) is 0 Å². The van der Waals surface area contributed by atoms with Crippen LogP contribution in [-0.4, -0.2) is 24.7 Å². The molecule has 2 aromatic heterocycles. The SMILES string of the molecule is CC(C)(O)c1nc2c(I)c(-c3ccc(F)cc3)nc(N)n2n1. The van der Waals surface area contributed by atoms with Crippen molar-refractivity contribution >= 4 is 34.2 Å². The van der Waals surface area contributed by atoms with E-state index in [4.69, 9.17) is 5.73 Å². The molecule has 0 radical (unpaired) electrons. The van der Waals surface area contributed by atoms with Crippen LogP contribution in [0.15, 0.2) is 24.3 Å². The maximum absolute atomic E-state index is 13.1. The highest BCUT2D eigenvalue weighted by Crippen LogP contribution is 2.28. The Balaban J connectivity index is 2.25. The van der Waals surface area contributed by atoms with E-state index in [2.05, 4.69) is 37.7 Å². The molecule has 0 atom stereocenters. The van der Waals surface area contributed by atoms with E-state index in [1.807, 2.05) is 0 Å². The Morgan fingerprint density at radius 2 is 1.86 bits per heavy atom. The summed E-state index contributed by atoms with van der Waals surface area (Å²) in [5.74, 6) is 0.0903. The van der Waals surface area contributed by atoms with Crippen LogP contribution < -0.4 is 5.73 Å². The summed E-state index contributed by atoms with van der Waals surface area (Å²) < 4.78 is 15.2. The first kappa shape index (κ1) is 15.1. The molecule has 0 amide bonds. The van der Waals surface area contributed by atoms with Crippen molar-refractivity contribution in [2.24, 2.45) is 0 Å². The van der Waals surface area contributed by atoms with Crippen LogP contribution in [-0.2, 0) is 5.60 Å². The quantitative estimate of drug-likeness (QED) is 0.630. The number of hydrogen-bond acceptors (Lipinski definition) is 5. The van der Waals surface area contributed by atoms with Crippen LogP contribution in [0.5, 0.6) is 0 Å². The van der Waals surface area contributed by atoms with Gasteiger partial charge in [-0.25, -0.2) is 14.4 Å². The summed E-state index contributed by atoms with van der Waals surface area (Å²) in [6, 6.07) is 5.98. The number of halogens is 2. The molecule has 0 aliphatic heterocycles. The summed E-state index contributed by atoms with van der Waals surface area (Å²) in [6.07, 6.45) is 0. The third-order valence-electron chi connectivity index (χ3n) is 3.12. The molecule has 3 N–H and O–H groups in total. The summed E-state index contributed by atoms with van der Waals surface area (Å²) in [6.45, 7) is 3.19. The molecule has 0 unspecified atom stereocenters. The lowest BCUT2D eigenvalue weighted by Crippen LogP contribution is -2.17. The van der Waals surface area contributed by atoms with Crippen LogP contribution in [0, 0.1) is 9.39 Å². The van der Waals surface area contributed by atoms with Crippen LogP contribution in [0.25, 0.3) is 16.9 Å². The van der Waals surface area contributed by atoms with Crippen molar-refractivity contribution in [1.29, 1.82) is 0 Å². The van der Waals surface area contributed by atoms with E-state index >= 15 is 0 Å². The highest BCUT2D eigenvalue weighted by atomic mass is 127.